The van der Waals surface area contributed by atoms with Gasteiger partial charge in [0.2, 0.25) is 10.0 Å². The van der Waals surface area contributed by atoms with Gasteiger partial charge in [0.25, 0.3) is 5.56 Å². The molecule has 1 atom stereocenters. The Kier molecular flexibility index (Phi) is 8.26. The molecule has 0 bridgehead atoms. The SMILES string of the molecule is O=c1ccccn1Cc1ccc(Cc2cccc(S(=O)(=O)NCc3nn(C4CCCCO4)c4ccc(Cl)cc34)c2)cc1. The van der Waals surface area contributed by atoms with Gasteiger partial charge in [-0.15, -0.1) is 0 Å². The number of nitrogens with one attached hydrogen (secondary N) is 1. The second kappa shape index (κ2) is 12.2. The first kappa shape index (κ1) is 28.4. The van der Waals surface area contributed by atoms with E-state index in [4.69, 9.17) is 21.4 Å². The van der Waals surface area contributed by atoms with E-state index >= 15 is 0 Å². The number of benzene rings is 3. The zero-order valence-electron chi connectivity index (χ0n) is 22.9. The Labute approximate surface area is 249 Å². The van der Waals surface area contributed by atoms with Crippen LogP contribution in [0.3, 0.4) is 0 Å². The van der Waals surface area contributed by atoms with Gasteiger partial charge in [0.15, 0.2) is 6.23 Å². The normalized spacial score (nSPS) is 15.7. The van der Waals surface area contributed by atoms with Gasteiger partial charge in [-0.1, -0.05) is 54.1 Å². The molecule has 10 heteroatoms. The molecule has 0 spiro atoms. The van der Waals surface area contributed by atoms with E-state index in [2.05, 4.69) is 4.72 Å². The van der Waals surface area contributed by atoms with Crippen LogP contribution in [0.25, 0.3) is 10.9 Å². The third kappa shape index (κ3) is 6.34. The maximum Gasteiger partial charge on any atom is 0.250 e. The van der Waals surface area contributed by atoms with Crippen molar-refractivity contribution in [1.29, 1.82) is 0 Å². The summed E-state index contributed by atoms with van der Waals surface area (Å²) in [5.74, 6) is 0. The van der Waals surface area contributed by atoms with E-state index in [1.54, 1.807) is 41.1 Å². The summed E-state index contributed by atoms with van der Waals surface area (Å²) in [5, 5.41) is 6.11. The quantitative estimate of drug-likeness (QED) is 0.235. The Balaban J connectivity index is 1.16. The number of halogens is 1. The molecule has 2 aromatic heterocycles. The number of hydrogen-bond donors (Lipinski definition) is 1. The van der Waals surface area contributed by atoms with E-state index in [1.807, 2.05) is 59.3 Å². The number of rotatable bonds is 9. The molecule has 1 fully saturated rings. The third-order valence-electron chi connectivity index (χ3n) is 7.49. The molecule has 3 aromatic carbocycles. The van der Waals surface area contributed by atoms with Crippen molar-refractivity contribution >= 4 is 32.5 Å². The van der Waals surface area contributed by atoms with Crippen LogP contribution in [-0.4, -0.2) is 29.4 Å². The highest BCUT2D eigenvalue weighted by molar-refractivity contribution is 7.89. The van der Waals surface area contributed by atoms with Crippen LogP contribution in [0.2, 0.25) is 5.02 Å². The van der Waals surface area contributed by atoms with Gasteiger partial charge in [0.1, 0.15) is 0 Å². The lowest BCUT2D eigenvalue weighted by atomic mass is 10.0. The number of hydrogen-bond acceptors (Lipinski definition) is 5. The summed E-state index contributed by atoms with van der Waals surface area (Å²) in [6, 6.07) is 25.6. The molecule has 1 aliphatic heterocycles. The minimum absolute atomic E-state index is 0.0229. The largest absolute Gasteiger partial charge is 0.356 e. The average molecular weight is 603 g/mol. The van der Waals surface area contributed by atoms with Crippen LogP contribution in [0.4, 0.5) is 0 Å². The van der Waals surface area contributed by atoms with Gasteiger partial charge in [-0.3, -0.25) is 4.79 Å². The van der Waals surface area contributed by atoms with E-state index in [0.29, 0.717) is 30.3 Å². The summed E-state index contributed by atoms with van der Waals surface area (Å²) >= 11 is 6.29. The number of pyridine rings is 1. The predicted molar refractivity (Wildman–Crippen MR) is 163 cm³/mol. The van der Waals surface area contributed by atoms with Crippen LogP contribution in [0.1, 0.15) is 47.9 Å². The molecular formula is C32H31ClN4O4S. The topological polar surface area (TPSA) is 95.2 Å². The minimum Gasteiger partial charge on any atom is -0.356 e. The number of aromatic nitrogens is 3. The van der Waals surface area contributed by atoms with Crippen LogP contribution in [0.15, 0.2) is 101 Å². The van der Waals surface area contributed by atoms with Gasteiger partial charge in [0.05, 0.1) is 29.2 Å². The molecule has 1 N–H and O–H groups in total. The summed E-state index contributed by atoms with van der Waals surface area (Å²) < 4.78 is 38.9. The van der Waals surface area contributed by atoms with Gasteiger partial charge >= 0.3 is 0 Å². The van der Waals surface area contributed by atoms with E-state index in [0.717, 1.165) is 46.9 Å². The minimum atomic E-state index is -3.81. The van der Waals surface area contributed by atoms with Gasteiger partial charge in [-0.05, 0) is 78.8 Å². The molecule has 5 aromatic rings. The Morgan fingerprint density at radius 2 is 1.76 bits per heavy atom. The fourth-order valence-corrected chi connectivity index (χ4v) is 6.53. The van der Waals surface area contributed by atoms with Crippen LogP contribution < -0.4 is 10.3 Å². The highest BCUT2D eigenvalue weighted by Crippen LogP contribution is 2.30. The number of ether oxygens (including phenoxy) is 1. The highest BCUT2D eigenvalue weighted by atomic mass is 35.5. The molecule has 0 saturated carbocycles. The second-order valence-electron chi connectivity index (χ2n) is 10.5. The van der Waals surface area contributed by atoms with E-state index in [1.165, 1.54) is 0 Å². The van der Waals surface area contributed by atoms with E-state index < -0.39 is 10.0 Å². The van der Waals surface area contributed by atoms with Crippen molar-refractivity contribution in [2.45, 2.75) is 49.9 Å². The number of sulfonamides is 1. The van der Waals surface area contributed by atoms with Crippen LogP contribution in [0.5, 0.6) is 0 Å². The fraction of sp³-hybridized carbons (Fsp3) is 0.250. The molecule has 216 valence electrons. The molecule has 1 unspecified atom stereocenters. The number of fused-ring (bicyclic) bond motifs is 1. The van der Waals surface area contributed by atoms with Gasteiger partial charge in [-0.25, -0.2) is 17.8 Å². The molecule has 42 heavy (non-hydrogen) atoms. The number of nitrogens with zero attached hydrogens (tertiary/aromatic N) is 3. The summed E-state index contributed by atoms with van der Waals surface area (Å²) in [6.45, 7) is 1.19. The molecule has 8 nitrogen and oxygen atoms in total. The Hall–Kier alpha value is -3.76. The lowest BCUT2D eigenvalue weighted by molar-refractivity contribution is -0.0368. The van der Waals surface area contributed by atoms with Crippen molar-refractivity contribution in [3.63, 3.8) is 0 Å². The average Bonchev–Trinajstić information content (AvgIpc) is 3.36. The third-order valence-corrected chi connectivity index (χ3v) is 9.13. The van der Waals surface area contributed by atoms with Gasteiger partial charge < -0.3 is 9.30 Å². The Bertz CT molecular complexity index is 1880. The lowest BCUT2D eigenvalue weighted by Gasteiger charge is -2.23. The van der Waals surface area contributed by atoms with Crippen LogP contribution in [-0.2, 0) is 34.3 Å². The molecule has 0 aliphatic carbocycles. The Morgan fingerprint density at radius 3 is 2.55 bits per heavy atom. The zero-order valence-corrected chi connectivity index (χ0v) is 24.5. The van der Waals surface area contributed by atoms with Crippen molar-refractivity contribution in [2.24, 2.45) is 0 Å². The maximum absolute atomic E-state index is 13.3. The van der Waals surface area contributed by atoms with Crippen molar-refractivity contribution in [3.05, 3.63) is 129 Å². The maximum atomic E-state index is 13.3. The first-order valence-electron chi connectivity index (χ1n) is 14.0. The second-order valence-corrected chi connectivity index (χ2v) is 12.7. The van der Waals surface area contributed by atoms with Crippen molar-refractivity contribution in [1.82, 2.24) is 19.1 Å². The Morgan fingerprint density at radius 1 is 0.929 bits per heavy atom. The molecule has 1 saturated heterocycles. The van der Waals surface area contributed by atoms with Gasteiger partial charge in [-0.2, -0.15) is 5.10 Å². The van der Waals surface area contributed by atoms with Crippen molar-refractivity contribution in [2.75, 3.05) is 6.61 Å². The smallest absolute Gasteiger partial charge is 0.250 e. The standard InChI is InChI=1S/C32H31ClN4O4S/c33-26-14-15-30-28(20-26)29(35-37(30)32-9-2-4-17-41-32)21-34-42(39,40)27-7-5-6-25(19-27)18-23-10-12-24(13-11-23)22-36-16-3-1-8-31(36)38/h1,3,5-8,10-16,19-20,32,34H,2,4,9,17-18,21-22H2. The molecular weight excluding hydrogens is 572 g/mol. The molecule has 1 aliphatic rings. The van der Waals surface area contributed by atoms with Crippen LogP contribution >= 0.6 is 11.6 Å². The summed E-state index contributed by atoms with van der Waals surface area (Å²) in [5.41, 5.74) is 4.35. The summed E-state index contributed by atoms with van der Waals surface area (Å²) in [7, 11) is -3.81. The zero-order chi connectivity index (χ0) is 29.1. The van der Waals surface area contributed by atoms with Gasteiger partial charge in [0, 0.05) is 29.3 Å². The van der Waals surface area contributed by atoms with Crippen LogP contribution in [0, 0.1) is 0 Å². The molecule has 0 amide bonds. The fourth-order valence-electron chi connectivity index (χ4n) is 5.30. The molecule has 3 heterocycles. The molecule has 0 radical (unpaired) electrons. The predicted octanol–water partition coefficient (Wildman–Crippen LogP) is 5.67. The van der Waals surface area contributed by atoms with E-state index in [-0.39, 0.29) is 23.2 Å². The first-order valence-corrected chi connectivity index (χ1v) is 15.8. The highest BCUT2D eigenvalue weighted by Gasteiger charge is 2.22. The first-order chi connectivity index (χ1) is 20.4. The molecule has 6 rings (SSSR count). The van der Waals surface area contributed by atoms with Crippen molar-refractivity contribution in [3.8, 4) is 0 Å². The summed E-state index contributed by atoms with van der Waals surface area (Å²) in [6.07, 6.45) is 5.09. The summed E-state index contributed by atoms with van der Waals surface area (Å²) in [4.78, 5) is 12.2. The van der Waals surface area contributed by atoms with E-state index in [9.17, 15) is 13.2 Å². The lowest BCUT2D eigenvalue weighted by Crippen LogP contribution is -2.24. The van der Waals surface area contributed by atoms with Crippen molar-refractivity contribution < 1.29 is 13.2 Å². The monoisotopic (exact) mass is 602 g/mol.